The van der Waals surface area contributed by atoms with Gasteiger partial charge in [-0.1, -0.05) is 33.1 Å². The molecule has 1 saturated carbocycles. The number of amides is 1. The van der Waals surface area contributed by atoms with Crippen molar-refractivity contribution in [1.82, 2.24) is 5.32 Å². The molecule has 0 aromatic carbocycles. The lowest BCUT2D eigenvalue weighted by molar-refractivity contribution is -0.126. The van der Waals surface area contributed by atoms with Crippen LogP contribution in [0.3, 0.4) is 0 Å². The van der Waals surface area contributed by atoms with Gasteiger partial charge < -0.3 is 11.1 Å². The van der Waals surface area contributed by atoms with Gasteiger partial charge in [-0.2, -0.15) is 0 Å². The van der Waals surface area contributed by atoms with Gasteiger partial charge in [-0.3, -0.25) is 4.79 Å². The molecule has 0 bridgehead atoms. The van der Waals surface area contributed by atoms with Gasteiger partial charge in [0.2, 0.25) is 5.91 Å². The van der Waals surface area contributed by atoms with E-state index in [1.807, 2.05) is 0 Å². The van der Waals surface area contributed by atoms with Crippen LogP contribution in [0, 0.1) is 5.92 Å². The Kier molecular flexibility index (Phi) is 5.26. The number of rotatable bonds is 5. The van der Waals surface area contributed by atoms with Crippen molar-refractivity contribution in [1.29, 1.82) is 0 Å². The summed E-state index contributed by atoms with van der Waals surface area (Å²) < 4.78 is 0. The van der Waals surface area contributed by atoms with Crippen LogP contribution in [0.25, 0.3) is 0 Å². The molecule has 0 saturated heterocycles. The Morgan fingerprint density at radius 3 is 2.31 bits per heavy atom. The van der Waals surface area contributed by atoms with Crippen LogP contribution in [0.15, 0.2) is 0 Å². The van der Waals surface area contributed by atoms with Gasteiger partial charge in [-0.15, -0.1) is 0 Å². The first-order valence-corrected chi connectivity index (χ1v) is 6.68. The van der Waals surface area contributed by atoms with Crippen molar-refractivity contribution in [3.8, 4) is 0 Å². The standard InChI is InChI=1S/C13H26N2O/c1-3-13(14,4-2)10-15-12(16)11-8-6-5-7-9-11/h11H,3-10,14H2,1-2H3,(H,15,16). The minimum atomic E-state index is -0.218. The van der Waals surface area contributed by atoms with E-state index < -0.39 is 0 Å². The van der Waals surface area contributed by atoms with Crippen LogP contribution in [-0.4, -0.2) is 18.0 Å². The molecule has 1 fully saturated rings. The van der Waals surface area contributed by atoms with E-state index in [4.69, 9.17) is 5.73 Å². The zero-order chi connectivity index (χ0) is 12.0. The van der Waals surface area contributed by atoms with Crippen LogP contribution in [0.4, 0.5) is 0 Å². The molecule has 1 aliphatic carbocycles. The molecule has 3 heteroatoms. The zero-order valence-corrected chi connectivity index (χ0v) is 10.7. The molecule has 0 aliphatic heterocycles. The monoisotopic (exact) mass is 226 g/mol. The lowest BCUT2D eigenvalue weighted by Gasteiger charge is -2.28. The lowest BCUT2D eigenvalue weighted by atomic mass is 9.88. The molecule has 1 rings (SSSR count). The SMILES string of the molecule is CCC(N)(CC)CNC(=O)C1CCCCC1. The van der Waals surface area contributed by atoms with Crippen LogP contribution in [0.1, 0.15) is 58.8 Å². The van der Waals surface area contributed by atoms with Crippen molar-refractivity contribution >= 4 is 5.91 Å². The summed E-state index contributed by atoms with van der Waals surface area (Å²) in [6, 6.07) is 0. The van der Waals surface area contributed by atoms with Crippen molar-refractivity contribution in [2.45, 2.75) is 64.3 Å². The van der Waals surface area contributed by atoms with E-state index in [0.717, 1.165) is 25.7 Å². The van der Waals surface area contributed by atoms with E-state index in [9.17, 15) is 4.79 Å². The summed E-state index contributed by atoms with van der Waals surface area (Å²) in [7, 11) is 0. The predicted molar refractivity (Wildman–Crippen MR) is 67.1 cm³/mol. The van der Waals surface area contributed by atoms with Gasteiger partial charge in [0.05, 0.1) is 0 Å². The second-order valence-corrected chi connectivity index (χ2v) is 5.12. The van der Waals surface area contributed by atoms with Gasteiger partial charge in [-0.05, 0) is 25.7 Å². The highest BCUT2D eigenvalue weighted by Gasteiger charge is 2.25. The normalized spacial score (nSPS) is 18.4. The maximum Gasteiger partial charge on any atom is 0.223 e. The molecule has 3 nitrogen and oxygen atoms in total. The molecule has 3 N–H and O–H groups in total. The van der Waals surface area contributed by atoms with Crippen molar-refractivity contribution in [2.75, 3.05) is 6.54 Å². The van der Waals surface area contributed by atoms with Crippen LogP contribution >= 0.6 is 0 Å². The second-order valence-electron chi connectivity index (χ2n) is 5.12. The van der Waals surface area contributed by atoms with Crippen LogP contribution in [0.2, 0.25) is 0 Å². The van der Waals surface area contributed by atoms with Gasteiger partial charge in [-0.25, -0.2) is 0 Å². The summed E-state index contributed by atoms with van der Waals surface area (Å²) in [6.45, 7) is 4.78. The first-order valence-electron chi connectivity index (χ1n) is 6.68. The molecule has 1 aliphatic rings. The Labute approximate surface area is 99.2 Å². The number of nitrogens with one attached hydrogen (secondary N) is 1. The van der Waals surface area contributed by atoms with E-state index in [1.165, 1.54) is 19.3 Å². The smallest absolute Gasteiger partial charge is 0.223 e. The van der Waals surface area contributed by atoms with Crippen molar-refractivity contribution in [3.05, 3.63) is 0 Å². The summed E-state index contributed by atoms with van der Waals surface area (Å²) >= 11 is 0. The summed E-state index contributed by atoms with van der Waals surface area (Å²) in [5.41, 5.74) is 5.94. The Bertz CT molecular complexity index is 218. The van der Waals surface area contributed by atoms with Gasteiger partial charge in [0.1, 0.15) is 0 Å². The molecule has 0 spiro atoms. The van der Waals surface area contributed by atoms with E-state index in [2.05, 4.69) is 19.2 Å². The van der Waals surface area contributed by atoms with Crippen LogP contribution < -0.4 is 11.1 Å². The van der Waals surface area contributed by atoms with E-state index in [1.54, 1.807) is 0 Å². The Balaban J connectivity index is 2.33. The van der Waals surface area contributed by atoms with Crippen molar-refractivity contribution < 1.29 is 4.79 Å². The average molecular weight is 226 g/mol. The molecule has 0 aromatic heterocycles. The molecule has 0 radical (unpaired) electrons. The number of nitrogens with two attached hydrogens (primary N) is 1. The molecule has 0 atom stereocenters. The Morgan fingerprint density at radius 1 is 1.25 bits per heavy atom. The minimum Gasteiger partial charge on any atom is -0.354 e. The van der Waals surface area contributed by atoms with E-state index in [-0.39, 0.29) is 17.4 Å². The van der Waals surface area contributed by atoms with Crippen molar-refractivity contribution in [2.24, 2.45) is 11.7 Å². The quantitative estimate of drug-likeness (QED) is 0.755. The summed E-state index contributed by atoms with van der Waals surface area (Å²) in [4.78, 5) is 11.9. The number of carbonyl (C=O) groups is 1. The highest BCUT2D eigenvalue weighted by Crippen LogP contribution is 2.23. The maximum atomic E-state index is 11.9. The minimum absolute atomic E-state index is 0.218. The van der Waals surface area contributed by atoms with Gasteiger partial charge >= 0.3 is 0 Å². The topological polar surface area (TPSA) is 55.1 Å². The number of hydrogen-bond donors (Lipinski definition) is 2. The molecule has 0 unspecified atom stereocenters. The lowest BCUT2D eigenvalue weighted by Crippen LogP contribution is -2.50. The molecule has 16 heavy (non-hydrogen) atoms. The largest absolute Gasteiger partial charge is 0.354 e. The molecule has 0 heterocycles. The van der Waals surface area contributed by atoms with Crippen LogP contribution in [0.5, 0.6) is 0 Å². The third-order valence-electron chi connectivity index (χ3n) is 4.00. The third-order valence-corrected chi connectivity index (χ3v) is 4.00. The predicted octanol–water partition coefficient (Wildman–Crippen LogP) is 2.20. The van der Waals surface area contributed by atoms with Gasteiger partial charge in [0, 0.05) is 18.0 Å². The molecule has 0 aromatic rings. The third kappa shape index (κ3) is 3.78. The average Bonchev–Trinajstić information content (AvgIpc) is 2.36. The van der Waals surface area contributed by atoms with E-state index >= 15 is 0 Å². The van der Waals surface area contributed by atoms with Gasteiger partial charge in [0.25, 0.3) is 0 Å². The highest BCUT2D eigenvalue weighted by molar-refractivity contribution is 5.78. The number of hydrogen-bond acceptors (Lipinski definition) is 2. The fraction of sp³-hybridized carbons (Fsp3) is 0.923. The molecular weight excluding hydrogens is 200 g/mol. The summed E-state index contributed by atoms with van der Waals surface area (Å²) in [5, 5.41) is 3.03. The van der Waals surface area contributed by atoms with E-state index in [0.29, 0.717) is 6.54 Å². The number of carbonyl (C=O) groups excluding carboxylic acids is 1. The zero-order valence-electron chi connectivity index (χ0n) is 10.7. The highest BCUT2D eigenvalue weighted by atomic mass is 16.1. The fourth-order valence-electron chi connectivity index (χ4n) is 2.27. The Morgan fingerprint density at radius 2 is 1.81 bits per heavy atom. The first-order chi connectivity index (χ1) is 7.61. The molecular formula is C13H26N2O. The maximum absolute atomic E-state index is 11.9. The molecule has 1 amide bonds. The van der Waals surface area contributed by atoms with Crippen molar-refractivity contribution in [3.63, 3.8) is 0 Å². The second kappa shape index (κ2) is 6.24. The first kappa shape index (κ1) is 13.5. The molecule has 94 valence electrons. The summed E-state index contributed by atoms with van der Waals surface area (Å²) in [6.07, 6.45) is 7.63. The fourth-order valence-corrected chi connectivity index (χ4v) is 2.27. The van der Waals surface area contributed by atoms with Crippen LogP contribution in [-0.2, 0) is 4.79 Å². The summed E-state index contributed by atoms with van der Waals surface area (Å²) in [5.74, 6) is 0.461. The van der Waals surface area contributed by atoms with Gasteiger partial charge in [0.15, 0.2) is 0 Å². The Hall–Kier alpha value is -0.570.